The fourth-order valence-electron chi connectivity index (χ4n) is 2.34. The molecule has 0 unspecified atom stereocenters. The third-order valence-electron chi connectivity index (χ3n) is 3.66. The second-order valence-electron chi connectivity index (χ2n) is 5.44. The maximum Gasteiger partial charge on any atom is 0.340 e. The van der Waals surface area contributed by atoms with E-state index in [-0.39, 0.29) is 10.8 Å². The zero-order valence-electron chi connectivity index (χ0n) is 13.8. The zero-order chi connectivity index (χ0) is 17.9. The van der Waals surface area contributed by atoms with Crippen LogP contribution in [-0.4, -0.2) is 20.5 Å². The van der Waals surface area contributed by atoms with E-state index in [1.54, 1.807) is 31.5 Å². The number of ether oxygens (including phenoxy) is 1. The summed E-state index contributed by atoms with van der Waals surface area (Å²) in [5, 5.41) is 0. The van der Waals surface area contributed by atoms with Crippen LogP contribution < -0.4 is 8.92 Å². The number of hydrogen-bond acceptors (Lipinski definition) is 5. The second-order valence-corrected chi connectivity index (χ2v) is 6.98. The van der Waals surface area contributed by atoms with E-state index in [2.05, 4.69) is 4.98 Å². The molecule has 0 N–H and O–H groups in total. The smallest absolute Gasteiger partial charge is 0.340 e. The molecule has 0 aliphatic carbocycles. The van der Waals surface area contributed by atoms with E-state index in [9.17, 15) is 8.42 Å². The summed E-state index contributed by atoms with van der Waals surface area (Å²) in [7, 11) is -2.31. The summed E-state index contributed by atoms with van der Waals surface area (Å²) < 4.78 is 35.0. The van der Waals surface area contributed by atoms with Crippen molar-refractivity contribution in [1.29, 1.82) is 0 Å². The number of nitrogens with zero attached hydrogens (tertiary/aromatic N) is 1. The molecule has 6 heteroatoms. The van der Waals surface area contributed by atoms with Crippen LogP contribution in [0.15, 0.2) is 71.8 Å². The standard InChI is InChI=1S/C19H17NO4S/c1-14-7-10-16(11-8-14)25(21,22)24-19-12-9-15(13-20-19)17-5-3-4-6-18(17)23-2/h3-13H,1-2H3. The number of rotatable bonds is 5. The molecule has 25 heavy (non-hydrogen) atoms. The van der Waals surface area contributed by atoms with Gasteiger partial charge in [-0.2, -0.15) is 8.42 Å². The third-order valence-corrected chi connectivity index (χ3v) is 4.90. The molecule has 0 aliphatic rings. The first-order chi connectivity index (χ1) is 12.0. The summed E-state index contributed by atoms with van der Waals surface area (Å²) in [6, 6.07) is 17.2. The number of pyridine rings is 1. The molecule has 0 spiro atoms. The predicted octanol–water partition coefficient (Wildman–Crippen LogP) is 3.83. The van der Waals surface area contributed by atoms with Gasteiger partial charge in [0.1, 0.15) is 10.6 Å². The monoisotopic (exact) mass is 355 g/mol. The number of aromatic nitrogens is 1. The van der Waals surface area contributed by atoms with Gasteiger partial charge in [0.25, 0.3) is 0 Å². The van der Waals surface area contributed by atoms with E-state index in [0.717, 1.165) is 16.7 Å². The lowest BCUT2D eigenvalue weighted by Crippen LogP contribution is -2.10. The lowest BCUT2D eigenvalue weighted by Gasteiger charge is -2.09. The summed E-state index contributed by atoms with van der Waals surface area (Å²) in [5.41, 5.74) is 2.64. The van der Waals surface area contributed by atoms with Gasteiger partial charge in [0, 0.05) is 23.4 Å². The normalized spacial score (nSPS) is 11.1. The molecule has 0 atom stereocenters. The highest BCUT2D eigenvalue weighted by Gasteiger charge is 2.17. The van der Waals surface area contributed by atoms with Gasteiger partial charge in [-0.05, 0) is 31.2 Å². The molecule has 1 aromatic heterocycles. The summed E-state index contributed by atoms with van der Waals surface area (Å²) in [4.78, 5) is 4.19. The molecule has 128 valence electrons. The van der Waals surface area contributed by atoms with Gasteiger partial charge < -0.3 is 8.92 Å². The van der Waals surface area contributed by atoms with Crippen LogP contribution >= 0.6 is 0 Å². The van der Waals surface area contributed by atoms with Gasteiger partial charge >= 0.3 is 10.1 Å². The Morgan fingerprint density at radius 3 is 2.28 bits per heavy atom. The van der Waals surface area contributed by atoms with Crippen LogP contribution in [0.4, 0.5) is 0 Å². The van der Waals surface area contributed by atoms with E-state index in [1.807, 2.05) is 31.2 Å². The fourth-order valence-corrected chi connectivity index (χ4v) is 3.23. The summed E-state index contributed by atoms with van der Waals surface area (Å²) >= 11 is 0. The lowest BCUT2D eigenvalue weighted by molar-refractivity contribution is 0.416. The van der Waals surface area contributed by atoms with E-state index >= 15 is 0 Å². The Morgan fingerprint density at radius 1 is 0.920 bits per heavy atom. The fraction of sp³-hybridized carbons (Fsp3) is 0.105. The van der Waals surface area contributed by atoms with Crippen molar-refractivity contribution >= 4 is 10.1 Å². The third kappa shape index (κ3) is 3.80. The molecular weight excluding hydrogens is 338 g/mol. The van der Waals surface area contributed by atoms with Gasteiger partial charge in [-0.25, -0.2) is 4.98 Å². The molecule has 1 heterocycles. The van der Waals surface area contributed by atoms with Crippen molar-refractivity contribution in [2.24, 2.45) is 0 Å². The number of methoxy groups -OCH3 is 1. The summed E-state index contributed by atoms with van der Waals surface area (Å²) in [5.74, 6) is 0.726. The van der Waals surface area contributed by atoms with Crippen molar-refractivity contribution in [3.05, 3.63) is 72.4 Å². The highest BCUT2D eigenvalue weighted by molar-refractivity contribution is 7.87. The maximum absolute atomic E-state index is 12.3. The van der Waals surface area contributed by atoms with Crippen molar-refractivity contribution in [1.82, 2.24) is 4.98 Å². The Balaban J connectivity index is 1.84. The van der Waals surface area contributed by atoms with Crippen molar-refractivity contribution in [2.45, 2.75) is 11.8 Å². The molecule has 5 nitrogen and oxygen atoms in total. The molecule has 0 saturated heterocycles. The van der Waals surface area contributed by atoms with Gasteiger partial charge in [0.15, 0.2) is 0 Å². The van der Waals surface area contributed by atoms with Gasteiger partial charge in [-0.15, -0.1) is 0 Å². The predicted molar refractivity (Wildman–Crippen MR) is 95.2 cm³/mol. The van der Waals surface area contributed by atoms with Gasteiger partial charge in [0.2, 0.25) is 5.88 Å². The zero-order valence-corrected chi connectivity index (χ0v) is 14.7. The molecule has 0 aliphatic heterocycles. The molecule has 0 bridgehead atoms. The molecule has 3 aromatic rings. The minimum atomic E-state index is -3.91. The van der Waals surface area contributed by atoms with Gasteiger partial charge in [-0.1, -0.05) is 35.9 Å². The van der Waals surface area contributed by atoms with Crippen molar-refractivity contribution in [3.8, 4) is 22.8 Å². The number of hydrogen-bond donors (Lipinski definition) is 0. The largest absolute Gasteiger partial charge is 0.496 e. The Labute approximate surface area is 147 Å². The molecule has 0 fully saturated rings. The van der Waals surface area contributed by atoms with Gasteiger partial charge in [0.05, 0.1) is 7.11 Å². The van der Waals surface area contributed by atoms with Crippen LogP contribution in [0.1, 0.15) is 5.56 Å². The molecule has 3 rings (SSSR count). The molecular formula is C19H17NO4S. The first-order valence-electron chi connectivity index (χ1n) is 7.60. The molecule has 0 radical (unpaired) electrons. The van der Waals surface area contributed by atoms with Crippen LogP contribution in [0.2, 0.25) is 0 Å². The molecule has 2 aromatic carbocycles. The van der Waals surface area contributed by atoms with Crippen LogP contribution in [0.25, 0.3) is 11.1 Å². The summed E-state index contributed by atoms with van der Waals surface area (Å²) in [6.07, 6.45) is 1.55. The number of para-hydroxylation sites is 1. The quantitative estimate of drug-likeness (QED) is 0.651. The minimum Gasteiger partial charge on any atom is -0.496 e. The lowest BCUT2D eigenvalue weighted by atomic mass is 10.1. The molecule has 0 amide bonds. The van der Waals surface area contributed by atoms with E-state index in [0.29, 0.717) is 5.75 Å². The topological polar surface area (TPSA) is 65.5 Å². The van der Waals surface area contributed by atoms with Crippen molar-refractivity contribution in [2.75, 3.05) is 7.11 Å². The maximum atomic E-state index is 12.3. The highest BCUT2D eigenvalue weighted by Crippen LogP contribution is 2.30. The van der Waals surface area contributed by atoms with Crippen molar-refractivity contribution < 1.29 is 17.3 Å². The van der Waals surface area contributed by atoms with E-state index in [1.165, 1.54) is 18.2 Å². The Hall–Kier alpha value is -2.86. The van der Waals surface area contributed by atoms with Crippen molar-refractivity contribution in [3.63, 3.8) is 0 Å². The number of benzene rings is 2. The SMILES string of the molecule is COc1ccccc1-c1ccc(OS(=O)(=O)c2ccc(C)cc2)nc1. The Kier molecular flexibility index (Phi) is 4.72. The second kappa shape index (κ2) is 6.94. The Bertz CT molecular complexity index is 965. The average molecular weight is 355 g/mol. The van der Waals surface area contributed by atoms with Crippen LogP contribution in [0, 0.1) is 6.92 Å². The number of aryl methyl sites for hydroxylation is 1. The van der Waals surface area contributed by atoms with Crippen LogP contribution in [-0.2, 0) is 10.1 Å². The first-order valence-corrected chi connectivity index (χ1v) is 9.01. The molecule has 0 saturated carbocycles. The van der Waals surface area contributed by atoms with E-state index in [4.69, 9.17) is 8.92 Å². The van der Waals surface area contributed by atoms with Crippen LogP contribution in [0.5, 0.6) is 11.6 Å². The highest BCUT2D eigenvalue weighted by atomic mass is 32.2. The van der Waals surface area contributed by atoms with E-state index < -0.39 is 10.1 Å². The first kappa shape index (κ1) is 17.0. The summed E-state index contributed by atoms with van der Waals surface area (Å²) in [6.45, 7) is 1.88. The van der Waals surface area contributed by atoms with Crippen LogP contribution in [0.3, 0.4) is 0 Å². The Morgan fingerprint density at radius 2 is 1.64 bits per heavy atom. The minimum absolute atomic E-state index is 0.0132. The average Bonchev–Trinajstić information content (AvgIpc) is 2.62. The van der Waals surface area contributed by atoms with Gasteiger partial charge in [-0.3, -0.25) is 0 Å².